The number of ether oxygens (including phenoxy) is 2. The first-order valence-corrected chi connectivity index (χ1v) is 8.76. The minimum atomic E-state index is 0.569. The van der Waals surface area contributed by atoms with Gasteiger partial charge in [-0.3, -0.25) is 0 Å². The van der Waals surface area contributed by atoms with Gasteiger partial charge in [0.15, 0.2) is 17.5 Å². The molecule has 0 saturated heterocycles. The molecule has 0 bridgehead atoms. The molecule has 1 aromatic carbocycles. The quantitative estimate of drug-likeness (QED) is 0.596. The molecule has 6 heteroatoms. The number of nitrogens with zero attached hydrogens (tertiary/aromatic N) is 1. The molecule has 0 aliphatic carbocycles. The molecule has 5 nitrogen and oxygen atoms in total. The van der Waals surface area contributed by atoms with Gasteiger partial charge >= 0.3 is 0 Å². The fourth-order valence-electron chi connectivity index (χ4n) is 2.24. The van der Waals surface area contributed by atoms with E-state index in [4.69, 9.17) is 9.47 Å². The van der Waals surface area contributed by atoms with Gasteiger partial charge in [-0.2, -0.15) is 0 Å². The van der Waals surface area contributed by atoms with Crippen molar-refractivity contribution < 1.29 is 9.47 Å². The molecule has 0 aliphatic rings. The average Bonchev–Trinajstić information content (AvgIpc) is 3.02. The van der Waals surface area contributed by atoms with E-state index in [1.807, 2.05) is 18.2 Å². The molecule has 0 saturated carbocycles. The summed E-state index contributed by atoms with van der Waals surface area (Å²) in [5.74, 6) is 2.25. The molecule has 24 heavy (non-hydrogen) atoms. The van der Waals surface area contributed by atoms with E-state index in [9.17, 15) is 0 Å². The maximum absolute atomic E-state index is 5.34. The van der Waals surface area contributed by atoms with Crippen LogP contribution in [0.3, 0.4) is 0 Å². The monoisotopic (exact) mass is 347 g/mol. The molecule has 1 aromatic heterocycles. The number of aryl methyl sites for hydroxylation is 1. The van der Waals surface area contributed by atoms with E-state index in [-0.39, 0.29) is 0 Å². The normalized spacial score (nSPS) is 11.2. The van der Waals surface area contributed by atoms with Gasteiger partial charge in [-0.15, -0.1) is 11.3 Å². The third kappa shape index (κ3) is 5.16. The number of benzene rings is 1. The predicted octanol–water partition coefficient (Wildman–Crippen LogP) is 3.33. The summed E-state index contributed by atoms with van der Waals surface area (Å²) in [4.78, 5) is 7.25. The molecule has 0 radical (unpaired) electrons. The number of hydrogen-bond donors (Lipinski definition) is 2. The van der Waals surface area contributed by atoms with Gasteiger partial charge < -0.3 is 20.1 Å². The Morgan fingerprint density at radius 2 is 1.88 bits per heavy atom. The molecule has 0 aliphatic heterocycles. The van der Waals surface area contributed by atoms with Gasteiger partial charge in [-0.05, 0) is 43.7 Å². The van der Waals surface area contributed by atoms with E-state index in [1.54, 1.807) is 25.6 Å². The first-order valence-electron chi connectivity index (χ1n) is 7.94. The average molecular weight is 347 g/mol. The van der Waals surface area contributed by atoms with Gasteiger partial charge in [0.25, 0.3) is 0 Å². The molecule has 2 N–H and O–H groups in total. The fraction of sp³-hybridized carbons (Fsp3) is 0.389. The van der Waals surface area contributed by atoms with E-state index in [0.717, 1.165) is 36.1 Å². The molecule has 0 amide bonds. The Morgan fingerprint density at radius 1 is 1.08 bits per heavy atom. The topological polar surface area (TPSA) is 54.9 Å². The predicted molar refractivity (Wildman–Crippen MR) is 100 cm³/mol. The summed E-state index contributed by atoms with van der Waals surface area (Å²) in [6, 6.07) is 10.1. The second kappa shape index (κ2) is 9.17. The van der Waals surface area contributed by atoms with Crippen LogP contribution in [0.25, 0.3) is 0 Å². The lowest BCUT2D eigenvalue weighted by molar-refractivity contribution is 0.354. The molecule has 1 heterocycles. The third-order valence-corrected chi connectivity index (χ3v) is 4.44. The highest BCUT2D eigenvalue weighted by Gasteiger charge is 2.05. The second-order valence-electron chi connectivity index (χ2n) is 5.25. The number of nitrogens with one attached hydrogen (secondary N) is 2. The van der Waals surface area contributed by atoms with Crippen LogP contribution < -0.4 is 20.1 Å². The minimum Gasteiger partial charge on any atom is -0.493 e. The number of guanidine groups is 1. The van der Waals surface area contributed by atoms with Crippen molar-refractivity contribution in [1.82, 2.24) is 10.6 Å². The SMILES string of the molecule is CCNC(=NCc1ccc(OC)c(OC)c1)NCc1ccc(C)s1. The molecule has 0 atom stereocenters. The summed E-state index contributed by atoms with van der Waals surface area (Å²) in [5, 5.41) is 6.63. The van der Waals surface area contributed by atoms with Crippen molar-refractivity contribution in [2.24, 2.45) is 4.99 Å². The molecular weight excluding hydrogens is 322 g/mol. The van der Waals surface area contributed by atoms with Crippen molar-refractivity contribution in [2.45, 2.75) is 26.9 Å². The van der Waals surface area contributed by atoms with Crippen molar-refractivity contribution >= 4 is 17.3 Å². The summed E-state index contributed by atoms with van der Waals surface area (Å²) in [6.45, 7) is 6.34. The van der Waals surface area contributed by atoms with E-state index in [1.165, 1.54) is 9.75 Å². The Labute approximate surface area is 147 Å². The number of methoxy groups -OCH3 is 2. The summed E-state index contributed by atoms with van der Waals surface area (Å²) in [7, 11) is 3.27. The third-order valence-electron chi connectivity index (χ3n) is 3.44. The van der Waals surface area contributed by atoms with Crippen LogP contribution in [0.1, 0.15) is 22.2 Å². The number of thiophene rings is 1. The standard InChI is InChI=1S/C18H25N3O2S/c1-5-19-18(21-12-15-8-6-13(2)24-15)20-11-14-7-9-16(22-3)17(10-14)23-4/h6-10H,5,11-12H2,1-4H3,(H2,19,20,21). The van der Waals surface area contributed by atoms with E-state index in [2.05, 4.69) is 41.6 Å². The zero-order valence-corrected chi connectivity index (χ0v) is 15.5. The lowest BCUT2D eigenvalue weighted by Crippen LogP contribution is -2.36. The zero-order chi connectivity index (χ0) is 17.4. The highest BCUT2D eigenvalue weighted by molar-refractivity contribution is 7.11. The molecular formula is C18H25N3O2S. The van der Waals surface area contributed by atoms with Crippen LogP contribution in [0, 0.1) is 6.92 Å². The van der Waals surface area contributed by atoms with Crippen LogP contribution in [0.15, 0.2) is 35.3 Å². The number of rotatable bonds is 7. The van der Waals surface area contributed by atoms with Crippen LogP contribution in [0.5, 0.6) is 11.5 Å². The maximum atomic E-state index is 5.34. The maximum Gasteiger partial charge on any atom is 0.191 e. The van der Waals surface area contributed by atoms with Crippen molar-refractivity contribution in [2.75, 3.05) is 20.8 Å². The van der Waals surface area contributed by atoms with Crippen LogP contribution >= 0.6 is 11.3 Å². The minimum absolute atomic E-state index is 0.569. The molecule has 130 valence electrons. The second-order valence-corrected chi connectivity index (χ2v) is 6.62. The molecule has 0 unspecified atom stereocenters. The fourth-order valence-corrected chi connectivity index (χ4v) is 3.07. The van der Waals surface area contributed by atoms with Gasteiger partial charge in [0.05, 0.1) is 27.3 Å². The smallest absolute Gasteiger partial charge is 0.191 e. The molecule has 2 rings (SSSR count). The first kappa shape index (κ1) is 18.1. The Morgan fingerprint density at radius 3 is 2.50 bits per heavy atom. The summed E-state index contributed by atoms with van der Waals surface area (Å²) < 4.78 is 10.6. The van der Waals surface area contributed by atoms with Gasteiger partial charge in [0, 0.05) is 16.3 Å². The summed E-state index contributed by atoms with van der Waals surface area (Å²) in [5.41, 5.74) is 1.07. The molecule has 0 spiro atoms. The van der Waals surface area contributed by atoms with Crippen molar-refractivity contribution in [1.29, 1.82) is 0 Å². The summed E-state index contributed by atoms with van der Waals surface area (Å²) >= 11 is 1.80. The van der Waals surface area contributed by atoms with Crippen molar-refractivity contribution in [3.05, 3.63) is 45.6 Å². The van der Waals surface area contributed by atoms with Crippen LogP contribution in [-0.4, -0.2) is 26.7 Å². The highest BCUT2D eigenvalue weighted by atomic mass is 32.1. The lowest BCUT2D eigenvalue weighted by atomic mass is 10.2. The zero-order valence-electron chi connectivity index (χ0n) is 14.7. The van der Waals surface area contributed by atoms with E-state index >= 15 is 0 Å². The van der Waals surface area contributed by atoms with Crippen molar-refractivity contribution in [3.63, 3.8) is 0 Å². The lowest BCUT2D eigenvalue weighted by Gasteiger charge is -2.11. The Kier molecular flexibility index (Phi) is 6.93. The van der Waals surface area contributed by atoms with Gasteiger partial charge in [0.2, 0.25) is 0 Å². The van der Waals surface area contributed by atoms with Gasteiger partial charge in [-0.1, -0.05) is 6.07 Å². The van der Waals surface area contributed by atoms with Gasteiger partial charge in [0.1, 0.15) is 0 Å². The van der Waals surface area contributed by atoms with E-state index in [0.29, 0.717) is 6.54 Å². The molecule has 2 aromatic rings. The van der Waals surface area contributed by atoms with Crippen LogP contribution in [0.4, 0.5) is 0 Å². The Bertz CT molecular complexity index is 683. The highest BCUT2D eigenvalue weighted by Crippen LogP contribution is 2.27. The van der Waals surface area contributed by atoms with E-state index < -0.39 is 0 Å². The number of hydrogen-bond acceptors (Lipinski definition) is 4. The Hall–Kier alpha value is -2.21. The largest absolute Gasteiger partial charge is 0.493 e. The number of aliphatic imine (C=N–C) groups is 1. The van der Waals surface area contributed by atoms with Gasteiger partial charge in [-0.25, -0.2) is 4.99 Å². The first-order chi connectivity index (χ1) is 11.7. The molecule has 0 fully saturated rings. The summed E-state index contributed by atoms with van der Waals surface area (Å²) in [6.07, 6.45) is 0. The Balaban J connectivity index is 2.02. The van der Waals surface area contributed by atoms with Crippen molar-refractivity contribution in [3.8, 4) is 11.5 Å². The van der Waals surface area contributed by atoms with Crippen LogP contribution in [-0.2, 0) is 13.1 Å². The van der Waals surface area contributed by atoms with Crippen LogP contribution in [0.2, 0.25) is 0 Å².